The Kier molecular flexibility index (Phi) is 5.20. The number of fused-ring (bicyclic) bond motifs is 2. The summed E-state index contributed by atoms with van der Waals surface area (Å²) in [4.78, 5) is 13.1. The number of Topliss-reactive ketones (excluding diaryl/α,β-unsaturated/α-hetero) is 1. The van der Waals surface area contributed by atoms with Crippen molar-refractivity contribution in [3.05, 3.63) is 98.9 Å². The van der Waals surface area contributed by atoms with Gasteiger partial charge in [0, 0.05) is 35.8 Å². The molecule has 1 aromatic heterocycles. The van der Waals surface area contributed by atoms with E-state index in [0.29, 0.717) is 39.5 Å². The van der Waals surface area contributed by atoms with E-state index in [9.17, 15) is 4.79 Å². The summed E-state index contributed by atoms with van der Waals surface area (Å²) in [5.74, 6) is 1.31. The van der Waals surface area contributed by atoms with Crippen LogP contribution in [0, 0.1) is 6.92 Å². The van der Waals surface area contributed by atoms with E-state index in [1.807, 2.05) is 61.1 Å². The van der Waals surface area contributed by atoms with E-state index in [0.717, 1.165) is 27.6 Å². The van der Waals surface area contributed by atoms with Crippen LogP contribution in [-0.4, -0.2) is 10.4 Å². The highest BCUT2D eigenvalue weighted by Gasteiger charge is 2.30. The summed E-state index contributed by atoms with van der Waals surface area (Å²) >= 11 is 12.1. The number of rotatable bonds is 4. The Labute approximate surface area is 195 Å². The van der Waals surface area contributed by atoms with Crippen LogP contribution in [0.1, 0.15) is 27.0 Å². The van der Waals surface area contributed by atoms with Gasteiger partial charge in [-0.2, -0.15) is 0 Å². The number of aryl methyl sites for hydroxylation is 2. The van der Waals surface area contributed by atoms with E-state index in [2.05, 4.69) is 0 Å². The Balaban J connectivity index is 1.42. The van der Waals surface area contributed by atoms with Crippen LogP contribution in [0.5, 0.6) is 11.5 Å². The molecule has 0 atom stereocenters. The summed E-state index contributed by atoms with van der Waals surface area (Å²) in [5, 5.41) is 2.05. The third-order valence-electron chi connectivity index (χ3n) is 5.55. The molecule has 0 saturated carbocycles. The van der Waals surface area contributed by atoms with Crippen molar-refractivity contribution in [2.75, 3.05) is 0 Å². The highest BCUT2D eigenvalue weighted by molar-refractivity contribution is 6.42. The molecule has 4 nitrogen and oxygen atoms in total. The number of allylic oxidation sites excluding steroid dienone is 1. The fraction of sp³-hybridized carbons (Fsp3) is 0.115. The summed E-state index contributed by atoms with van der Waals surface area (Å²) in [6.45, 7) is 2.20. The predicted octanol–water partition coefficient (Wildman–Crippen LogP) is 6.99. The Morgan fingerprint density at radius 3 is 2.69 bits per heavy atom. The zero-order chi connectivity index (χ0) is 22.4. The lowest BCUT2D eigenvalue weighted by atomic mass is 10.0. The summed E-state index contributed by atoms with van der Waals surface area (Å²) in [5.41, 5.74) is 4.30. The number of aromatic nitrogens is 1. The second-order valence-electron chi connectivity index (χ2n) is 7.80. The third kappa shape index (κ3) is 3.66. The first-order valence-corrected chi connectivity index (χ1v) is 10.9. The summed E-state index contributed by atoms with van der Waals surface area (Å²) in [7, 11) is 1.98. The molecule has 4 aromatic rings. The zero-order valence-corrected chi connectivity index (χ0v) is 19.0. The Morgan fingerprint density at radius 1 is 1.06 bits per heavy atom. The first-order chi connectivity index (χ1) is 15.4. The third-order valence-corrected chi connectivity index (χ3v) is 6.29. The van der Waals surface area contributed by atoms with Gasteiger partial charge in [-0.15, -0.1) is 0 Å². The lowest BCUT2D eigenvalue weighted by molar-refractivity contribution is 0.101. The Morgan fingerprint density at radius 2 is 1.88 bits per heavy atom. The maximum Gasteiger partial charge on any atom is 0.232 e. The number of carbonyl (C=O) groups excluding carboxylic acids is 1. The molecule has 3 aromatic carbocycles. The molecule has 0 fully saturated rings. The van der Waals surface area contributed by atoms with Gasteiger partial charge < -0.3 is 14.0 Å². The van der Waals surface area contributed by atoms with Crippen LogP contribution in [0.2, 0.25) is 10.0 Å². The topological polar surface area (TPSA) is 40.5 Å². The van der Waals surface area contributed by atoms with E-state index in [-0.39, 0.29) is 5.78 Å². The standard InChI is InChI=1S/C26H19Cl2NO3/c1-15-9-18(31-14-16-7-8-20(27)21(28)10-16)12-23-25(15)26(30)24(32-23)11-17-13-29(2)22-6-4-3-5-19(17)22/h3-13H,14H2,1-2H3/b24-11-. The molecule has 0 aliphatic carbocycles. The van der Waals surface area contributed by atoms with Crippen molar-refractivity contribution < 1.29 is 14.3 Å². The van der Waals surface area contributed by atoms with Crippen LogP contribution in [0.3, 0.4) is 0 Å². The quantitative estimate of drug-likeness (QED) is 0.306. The number of para-hydroxylation sites is 1. The first-order valence-electron chi connectivity index (χ1n) is 10.1. The molecule has 0 spiro atoms. The highest BCUT2D eigenvalue weighted by atomic mass is 35.5. The average molecular weight is 464 g/mol. The van der Waals surface area contributed by atoms with Gasteiger partial charge >= 0.3 is 0 Å². The van der Waals surface area contributed by atoms with Crippen molar-refractivity contribution in [1.29, 1.82) is 0 Å². The molecule has 0 amide bonds. The molecular weight excluding hydrogens is 445 g/mol. The van der Waals surface area contributed by atoms with Crippen molar-refractivity contribution in [3.8, 4) is 11.5 Å². The molecule has 6 heteroatoms. The molecule has 32 heavy (non-hydrogen) atoms. The number of nitrogens with zero attached hydrogens (tertiary/aromatic N) is 1. The maximum atomic E-state index is 13.1. The van der Waals surface area contributed by atoms with Gasteiger partial charge in [0.1, 0.15) is 18.1 Å². The molecular formula is C26H19Cl2NO3. The molecule has 0 saturated heterocycles. The number of halogens is 2. The summed E-state index contributed by atoms with van der Waals surface area (Å²) in [6.07, 6.45) is 3.80. The molecule has 5 rings (SSSR count). The van der Waals surface area contributed by atoms with E-state index in [1.165, 1.54) is 0 Å². The molecule has 0 unspecified atom stereocenters. The number of ether oxygens (including phenoxy) is 2. The van der Waals surface area contributed by atoms with Crippen LogP contribution in [0.4, 0.5) is 0 Å². The van der Waals surface area contributed by atoms with E-state index >= 15 is 0 Å². The largest absolute Gasteiger partial charge is 0.489 e. The Hall–Kier alpha value is -3.21. The first kappa shape index (κ1) is 20.7. The van der Waals surface area contributed by atoms with E-state index < -0.39 is 0 Å². The molecule has 1 aliphatic heterocycles. The van der Waals surface area contributed by atoms with Crippen LogP contribution in [0.15, 0.2) is 66.6 Å². The second kappa shape index (κ2) is 8.05. The van der Waals surface area contributed by atoms with Crippen LogP contribution >= 0.6 is 23.2 Å². The number of hydrogen-bond acceptors (Lipinski definition) is 3. The zero-order valence-electron chi connectivity index (χ0n) is 17.5. The highest BCUT2D eigenvalue weighted by Crippen LogP contribution is 2.38. The lowest BCUT2D eigenvalue weighted by Crippen LogP contribution is -2.00. The number of carbonyl (C=O) groups is 1. The number of ketones is 1. The van der Waals surface area contributed by atoms with Gasteiger partial charge in [0.25, 0.3) is 0 Å². The second-order valence-corrected chi connectivity index (χ2v) is 8.62. The van der Waals surface area contributed by atoms with Crippen LogP contribution in [-0.2, 0) is 13.7 Å². The average Bonchev–Trinajstić information content (AvgIpc) is 3.26. The van der Waals surface area contributed by atoms with Crippen molar-refractivity contribution in [3.63, 3.8) is 0 Å². The van der Waals surface area contributed by atoms with Gasteiger partial charge in [0.15, 0.2) is 5.76 Å². The van der Waals surface area contributed by atoms with Gasteiger partial charge in [-0.25, -0.2) is 0 Å². The molecule has 1 aliphatic rings. The van der Waals surface area contributed by atoms with Crippen molar-refractivity contribution in [2.24, 2.45) is 7.05 Å². The monoisotopic (exact) mass is 463 g/mol. The minimum Gasteiger partial charge on any atom is -0.489 e. The fourth-order valence-corrected chi connectivity index (χ4v) is 4.31. The molecule has 0 bridgehead atoms. The van der Waals surface area contributed by atoms with Gasteiger partial charge in [0.05, 0.1) is 15.6 Å². The Bertz CT molecular complexity index is 1420. The summed E-state index contributed by atoms with van der Waals surface area (Å²) in [6, 6.07) is 17.0. The molecule has 2 heterocycles. The smallest absolute Gasteiger partial charge is 0.232 e. The van der Waals surface area contributed by atoms with E-state index in [4.69, 9.17) is 32.7 Å². The van der Waals surface area contributed by atoms with Crippen molar-refractivity contribution in [1.82, 2.24) is 4.57 Å². The van der Waals surface area contributed by atoms with Gasteiger partial charge in [-0.3, -0.25) is 4.79 Å². The van der Waals surface area contributed by atoms with Gasteiger partial charge in [0.2, 0.25) is 5.78 Å². The van der Waals surface area contributed by atoms with Gasteiger partial charge in [-0.1, -0.05) is 47.5 Å². The summed E-state index contributed by atoms with van der Waals surface area (Å²) < 4.78 is 13.9. The van der Waals surface area contributed by atoms with Crippen LogP contribution < -0.4 is 9.47 Å². The fourth-order valence-electron chi connectivity index (χ4n) is 3.99. The number of benzene rings is 3. The SMILES string of the molecule is Cc1cc(OCc2ccc(Cl)c(Cl)c2)cc2c1C(=O)/C(=C/c1cn(C)c3ccccc13)O2. The normalized spacial score (nSPS) is 14.1. The minimum absolute atomic E-state index is 0.124. The van der Waals surface area contributed by atoms with E-state index in [1.54, 1.807) is 24.3 Å². The molecule has 160 valence electrons. The van der Waals surface area contributed by atoms with Crippen molar-refractivity contribution >= 4 is 46.0 Å². The molecule has 0 radical (unpaired) electrons. The number of hydrogen-bond donors (Lipinski definition) is 0. The van der Waals surface area contributed by atoms with Crippen molar-refractivity contribution in [2.45, 2.75) is 13.5 Å². The lowest BCUT2D eigenvalue weighted by Gasteiger charge is -2.10. The van der Waals surface area contributed by atoms with Crippen LogP contribution in [0.25, 0.3) is 17.0 Å². The predicted molar refractivity (Wildman–Crippen MR) is 128 cm³/mol. The maximum absolute atomic E-state index is 13.1. The van der Waals surface area contributed by atoms with Gasteiger partial charge in [-0.05, 0) is 48.4 Å². The molecule has 0 N–H and O–H groups in total. The minimum atomic E-state index is -0.124.